The van der Waals surface area contributed by atoms with Crippen molar-refractivity contribution >= 4 is 22.6 Å². The van der Waals surface area contributed by atoms with E-state index in [1.54, 1.807) is 23.9 Å². The number of anilines is 1. The fourth-order valence-corrected chi connectivity index (χ4v) is 4.83. The standard InChI is InChI=1S/C20H21F2N2O2S/c1-14-4-2-5-16(12-14)23-13-20(25,24-10-3-11-27-19(23)24)15-6-8-17(9-7-15)26-18(21)22/h2,4-9,12,18,25H,3,10-11,13H2,1H3/q+1/t20-/m1/s1. The summed E-state index contributed by atoms with van der Waals surface area (Å²) in [4.78, 5) is 2.14. The van der Waals surface area contributed by atoms with Gasteiger partial charge in [0.05, 0.1) is 6.54 Å². The number of hydrogen-bond acceptors (Lipinski definition) is 4. The summed E-state index contributed by atoms with van der Waals surface area (Å²) >= 11 is 1.74. The van der Waals surface area contributed by atoms with Crippen LogP contribution in [0.1, 0.15) is 17.5 Å². The molecule has 0 saturated carbocycles. The van der Waals surface area contributed by atoms with Gasteiger partial charge in [0.25, 0.3) is 5.72 Å². The highest BCUT2D eigenvalue weighted by molar-refractivity contribution is 8.13. The molecular formula is C20H21F2N2O2S+. The number of halogens is 2. The molecule has 0 spiro atoms. The number of nitrogens with zero attached hydrogens (tertiary/aromatic N) is 2. The first-order valence-corrected chi connectivity index (χ1v) is 9.85. The molecule has 0 bridgehead atoms. The van der Waals surface area contributed by atoms with Crippen LogP contribution in [0, 0.1) is 6.92 Å². The van der Waals surface area contributed by atoms with Crippen molar-refractivity contribution in [1.29, 1.82) is 0 Å². The fraction of sp³-hybridized carbons (Fsp3) is 0.350. The Balaban J connectivity index is 1.71. The molecule has 0 aliphatic carbocycles. The van der Waals surface area contributed by atoms with Crippen molar-refractivity contribution in [3.05, 3.63) is 59.7 Å². The monoisotopic (exact) mass is 391 g/mol. The molecule has 4 rings (SSSR count). The topological polar surface area (TPSA) is 35.7 Å². The first-order valence-electron chi connectivity index (χ1n) is 8.87. The third-order valence-electron chi connectivity index (χ3n) is 4.90. The molecule has 2 aromatic carbocycles. The van der Waals surface area contributed by atoms with Gasteiger partial charge in [0.1, 0.15) is 11.4 Å². The largest absolute Gasteiger partial charge is 0.435 e. The minimum atomic E-state index is -2.86. The molecule has 2 aromatic rings. The predicted molar refractivity (Wildman–Crippen MR) is 103 cm³/mol. The summed E-state index contributed by atoms with van der Waals surface area (Å²) in [7, 11) is 0. The molecule has 0 amide bonds. The highest BCUT2D eigenvalue weighted by Gasteiger charge is 2.53. The van der Waals surface area contributed by atoms with Crippen LogP contribution < -0.4 is 9.64 Å². The van der Waals surface area contributed by atoms with Crippen LogP contribution >= 0.6 is 11.8 Å². The number of β-amino-alcohol motifs (C(OH)–C–C–N with tert-alkyl or cyclic N) is 1. The van der Waals surface area contributed by atoms with Gasteiger partial charge in [-0.1, -0.05) is 12.1 Å². The molecule has 0 fully saturated rings. The van der Waals surface area contributed by atoms with Gasteiger partial charge in [-0.25, -0.2) is 9.48 Å². The SMILES string of the molecule is Cc1cccc(N2C[C@@](O)(c3ccc(OC(F)F)cc3)[N+]3=C2SCCC3)c1. The lowest BCUT2D eigenvalue weighted by Gasteiger charge is -2.24. The zero-order chi connectivity index (χ0) is 19.0. The van der Waals surface area contributed by atoms with E-state index in [1.165, 1.54) is 12.1 Å². The third kappa shape index (κ3) is 3.41. The number of benzene rings is 2. The first kappa shape index (κ1) is 18.3. The Kier molecular flexibility index (Phi) is 4.82. The Morgan fingerprint density at radius 3 is 2.70 bits per heavy atom. The summed E-state index contributed by atoms with van der Waals surface area (Å²) in [6.07, 6.45) is 0.977. The maximum absolute atomic E-state index is 12.4. The van der Waals surface area contributed by atoms with E-state index in [4.69, 9.17) is 0 Å². The van der Waals surface area contributed by atoms with Crippen molar-refractivity contribution in [2.24, 2.45) is 0 Å². The number of thioether (sulfide) groups is 1. The smallest absolute Gasteiger partial charge is 0.387 e. The van der Waals surface area contributed by atoms with E-state index in [0.29, 0.717) is 12.1 Å². The van der Waals surface area contributed by atoms with Gasteiger partial charge >= 0.3 is 11.8 Å². The molecule has 0 aromatic heterocycles. The Labute approximate surface area is 161 Å². The second-order valence-corrected chi connectivity index (χ2v) is 7.84. The summed E-state index contributed by atoms with van der Waals surface area (Å²) in [5.41, 5.74) is 1.65. The fourth-order valence-electron chi connectivity index (χ4n) is 3.65. The van der Waals surface area contributed by atoms with E-state index < -0.39 is 12.3 Å². The lowest BCUT2D eigenvalue weighted by molar-refractivity contribution is -0.656. The van der Waals surface area contributed by atoms with Gasteiger partial charge in [0, 0.05) is 11.3 Å². The molecule has 142 valence electrons. The number of hydrogen-bond donors (Lipinski definition) is 1. The molecule has 1 atom stereocenters. The summed E-state index contributed by atoms with van der Waals surface area (Å²) in [5, 5.41) is 12.6. The van der Waals surface area contributed by atoms with Crippen LogP contribution in [-0.2, 0) is 5.72 Å². The molecule has 1 N–H and O–H groups in total. The van der Waals surface area contributed by atoms with Crippen LogP contribution in [0.3, 0.4) is 0 Å². The molecule has 2 aliphatic rings. The van der Waals surface area contributed by atoms with Crippen molar-refractivity contribution in [3.8, 4) is 5.75 Å². The number of aryl methyl sites for hydroxylation is 1. The van der Waals surface area contributed by atoms with Crippen LogP contribution in [0.2, 0.25) is 0 Å². The van der Waals surface area contributed by atoms with Crippen LogP contribution in [0.4, 0.5) is 14.5 Å². The van der Waals surface area contributed by atoms with E-state index in [1.807, 2.05) is 29.7 Å². The van der Waals surface area contributed by atoms with E-state index in [-0.39, 0.29) is 5.75 Å². The van der Waals surface area contributed by atoms with Crippen LogP contribution in [0.5, 0.6) is 5.75 Å². The lowest BCUT2D eigenvalue weighted by Crippen LogP contribution is -2.41. The van der Waals surface area contributed by atoms with Crippen molar-refractivity contribution in [2.45, 2.75) is 25.7 Å². The Morgan fingerprint density at radius 2 is 2.00 bits per heavy atom. The zero-order valence-electron chi connectivity index (χ0n) is 14.9. The zero-order valence-corrected chi connectivity index (χ0v) is 15.8. The van der Waals surface area contributed by atoms with Gasteiger partial charge < -0.3 is 9.84 Å². The lowest BCUT2D eigenvalue weighted by atomic mass is 10.0. The number of rotatable bonds is 4. The molecule has 0 saturated heterocycles. The summed E-state index contributed by atoms with van der Waals surface area (Å²) in [6, 6.07) is 14.5. The number of aliphatic hydroxyl groups is 1. The normalized spacial score (nSPS) is 22.3. The average Bonchev–Trinajstić information content (AvgIpc) is 2.96. The van der Waals surface area contributed by atoms with Gasteiger partial charge in [0.15, 0.2) is 6.54 Å². The van der Waals surface area contributed by atoms with Gasteiger partial charge in [-0.15, -0.1) is 0 Å². The molecule has 0 unspecified atom stereocenters. The van der Waals surface area contributed by atoms with E-state index >= 15 is 0 Å². The number of ether oxygens (including phenoxy) is 1. The molecule has 0 radical (unpaired) electrons. The van der Waals surface area contributed by atoms with E-state index in [2.05, 4.69) is 15.7 Å². The molecular weight excluding hydrogens is 370 g/mol. The predicted octanol–water partition coefficient (Wildman–Crippen LogP) is 3.77. The number of amidine groups is 1. The van der Waals surface area contributed by atoms with Crippen molar-refractivity contribution in [3.63, 3.8) is 0 Å². The van der Waals surface area contributed by atoms with Crippen molar-refractivity contribution < 1.29 is 23.2 Å². The summed E-state index contributed by atoms with van der Waals surface area (Å²) in [6.45, 7) is 0.314. The second kappa shape index (κ2) is 7.13. The Morgan fingerprint density at radius 1 is 1.22 bits per heavy atom. The minimum Gasteiger partial charge on any atom is -0.435 e. The van der Waals surface area contributed by atoms with Crippen LogP contribution in [-0.4, -0.2) is 40.3 Å². The van der Waals surface area contributed by atoms with Crippen molar-refractivity contribution in [2.75, 3.05) is 23.7 Å². The first-order chi connectivity index (χ1) is 13.0. The van der Waals surface area contributed by atoms with E-state index in [9.17, 15) is 13.9 Å². The Bertz CT molecular complexity index is 873. The highest BCUT2D eigenvalue weighted by atomic mass is 32.2. The molecule has 7 heteroatoms. The van der Waals surface area contributed by atoms with Crippen molar-refractivity contribution in [1.82, 2.24) is 0 Å². The highest BCUT2D eigenvalue weighted by Crippen LogP contribution is 2.38. The summed E-state index contributed by atoms with van der Waals surface area (Å²) < 4.78 is 31.2. The molecule has 2 heterocycles. The minimum absolute atomic E-state index is 0.0862. The van der Waals surface area contributed by atoms with Gasteiger partial charge in [-0.3, -0.25) is 0 Å². The Hall–Kier alpha value is -2.12. The van der Waals surface area contributed by atoms with Crippen LogP contribution in [0.25, 0.3) is 0 Å². The van der Waals surface area contributed by atoms with Crippen LogP contribution in [0.15, 0.2) is 48.5 Å². The van der Waals surface area contributed by atoms with Gasteiger partial charge in [-0.2, -0.15) is 8.78 Å². The third-order valence-corrected chi connectivity index (χ3v) is 6.09. The molecule has 4 nitrogen and oxygen atoms in total. The molecule has 27 heavy (non-hydrogen) atoms. The second-order valence-electron chi connectivity index (χ2n) is 6.78. The average molecular weight is 391 g/mol. The van der Waals surface area contributed by atoms with E-state index in [0.717, 1.165) is 35.1 Å². The maximum atomic E-state index is 12.4. The molecule has 2 aliphatic heterocycles. The maximum Gasteiger partial charge on any atom is 0.387 e. The summed E-state index contributed by atoms with van der Waals surface area (Å²) in [5.74, 6) is 1.09. The van der Waals surface area contributed by atoms with Gasteiger partial charge in [-0.05, 0) is 67.1 Å². The number of alkyl halides is 2. The quantitative estimate of drug-likeness (QED) is 0.805. The van der Waals surface area contributed by atoms with Gasteiger partial charge in [0.2, 0.25) is 0 Å².